The van der Waals surface area contributed by atoms with E-state index in [1.807, 2.05) is 4.90 Å². The maximum absolute atomic E-state index is 12.5. The summed E-state index contributed by atoms with van der Waals surface area (Å²) >= 11 is 0. The van der Waals surface area contributed by atoms with Crippen LogP contribution in [0.2, 0.25) is 0 Å². The molecule has 5 heteroatoms. The van der Waals surface area contributed by atoms with Crippen LogP contribution >= 0.6 is 0 Å². The fourth-order valence-electron chi connectivity index (χ4n) is 3.00. The van der Waals surface area contributed by atoms with E-state index in [0.29, 0.717) is 31.8 Å². The molecule has 0 radical (unpaired) electrons. The van der Waals surface area contributed by atoms with Crippen LogP contribution < -0.4 is 0 Å². The summed E-state index contributed by atoms with van der Waals surface area (Å²) in [5.41, 5.74) is 0. The highest BCUT2D eigenvalue weighted by atomic mass is 19.4. The standard InChI is InChI=1S/C13H20F3NO/c14-13(15,16)11-5-7-17(8-6-11)9-10-3-1-2-4-12(10)18/h10-11H,1-9H2. The van der Waals surface area contributed by atoms with E-state index in [4.69, 9.17) is 0 Å². The number of likely N-dealkylation sites (tertiary alicyclic amines) is 1. The van der Waals surface area contributed by atoms with Crippen molar-refractivity contribution in [3.05, 3.63) is 0 Å². The second kappa shape index (κ2) is 5.59. The predicted molar refractivity (Wildman–Crippen MR) is 62.2 cm³/mol. The maximum Gasteiger partial charge on any atom is 0.391 e. The number of rotatable bonds is 2. The van der Waals surface area contributed by atoms with Gasteiger partial charge in [-0.2, -0.15) is 13.2 Å². The smallest absolute Gasteiger partial charge is 0.303 e. The van der Waals surface area contributed by atoms with E-state index < -0.39 is 12.1 Å². The lowest BCUT2D eigenvalue weighted by atomic mass is 9.86. The Kier molecular flexibility index (Phi) is 4.30. The number of carbonyl (C=O) groups excluding carboxylic acids is 1. The van der Waals surface area contributed by atoms with Gasteiger partial charge in [0, 0.05) is 18.9 Å². The summed E-state index contributed by atoms with van der Waals surface area (Å²) in [6, 6.07) is 0. The highest BCUT2D eigenvalue weighted by molar-refractivity contribution is 5.81. The van der Waals surface area contributed by atoms with Gasteiger partial charge in [0.1, 0.15) is 5.78 Å². The van der Waals surface area contributed by atoms with Gasteiger partial charge in [-0.05, 0) is 38.8 Å². The van der Waals surface area contributed by atoms with Crippen molar-refractivity contribution in [2.75, 3.05) is 19.6 Å². The Labute approximate surface area is 106 Å². The molecule has 1 heterocycles. The number of Topliss-reactive ketones (excluding diaryl/α,β-unsaturated/α-hetero) is 1. The van der Waals surface area contributed by atoms with Crippen LogP contribution in [0.15, 0.2) is 0 Å². The van der Waals surface area contributed by atoms with Crippen molar-refractivity contribution in [1.29, 1.82) is 0 Å². The number of nitrogens with zero attached hydrogens (tertiary/aromatic N) is 1. The Morgan fingerprint density at radius 3 is 2.33 bits per heavy atom. The van der Waals surface area contributed by atoms with Crippen LogP contribution in [0.3, 0.4) is 0 Å². The Bertz CT molecular complexity index is 295. The van der Waals surface area contributed by atoms with Crippen LogP contribution in [-0.2, 0) is 4.79 Å². The minimum Gasteiger partial charge on any atom is -0.303 e. The van der Waals surface area contributed by atoms with E-state index in [2.05, 4.69) is 0 Å². The molecule has 1 unspecified atom stereocenters. The molecule has 104 valence electrons. The van der Waals surface area contributed by atoms with Gasteiger partial charge in [0.2, 0.25) is 0 Å². The van der Waals surface area contributed by atoms with Crippen LogP contribution in [0.5, 0.6) is 0 Å². The monoisotopic (exact) mass is 263 g/mol. The third-order valence-corrected chi connectivity index (χ3v) is 4.21. The van der Waals surface area contributed by atoms with E-state index in [0.717, 1.165) is 19.3 Å². The molecule has 18 heavy (non-hydrogen) atoms. The van der Waals surface area contributed by atoms with Crippen LogP contribution in [-0.4, -0.2) is 36.5 Å². The molecule has 0 aromatic heterocycles. The third kappa shape index (κ3) is 3.46. The first kappa shape index (κ1) is 13.8. The van der Waals surface area contributed by atoms with Crippen LogP contribution in [0.4, 0.5) is 13.2 Å². The van der Waals surface area contributed by atoms with Crippen LogP contribution in [0, 0.1) is 11.8 Å². The number of alkyl halides is 3. The van der Waals surface area contributed by atoms with Crippen LogP contribution in [0.1, 0.15) is 38.5 Å². The van der Waals surface area contributed by atoms with Crippen LogP contribution in [0.25, 0.3) is 0 Å². The Hall–Kier alpha value is -0.580. The number of halogens is 3. The topological polar surface area (TPSA) is 20.3 Å². The molecule has 0 N–H and O–H groups in total. The Balaban J connectivity index is 1.78. The molecule has 0 aromatic rings. The molecular formula is C13H20F3NO. The van der Waals surface area contributed by atoms with Gasteiger partial charge in [-0.1, -0.05) is 6.42 Å². The first-order valence-electron chi connectivity index (χ1n) is 6.78. The SMILES string of the molecule is O=C1CCCCC1CN1CCC(C(F)(F)F)CC1. The summed E-state index contributed by atoms with van der Waals surface area (Å²) in [7, 11) is 0. The largest absolute Gasteiger partial charge is 0.391 e. The van der Waals surface area contributed by atoms with Gasteiger partial charge in [0.15, 0.2) is 0 Å². The normalized spacial score (nSPS) is 28.6. The van der Waals surface area contributed by atoms with Crippen molar-refractivity contribution < 1.29 is 18.0 Å². The number of hydrogen-bond donors (Lipinski definition) is 0. The molecule has 0 amide bonds. The van der Waals surface area contributed by atoms with Crippen molar-refractivity contribution in [3.63, 3.8) is 0 Å². The lowest BCUT2D eigenvalue weighted by Crippen LogP contribution is -2.42. The predicted octanol–water partition coefficient (Wildman–Crippen LogP) is 3.02. The summed E-state index contributed by atoms with van der Waals surface area (Å²) < 4.78 is 37.5. The molecular weight excluding hydrogens is 243 g/mol. The van der Waals surface area contributed by atoms with E-state index in [1.165, 1.54) is 0 Å². The van der Waals surface area contributed by atoms with Crippen molar-refractivity contribution in [3.8, 4) is 0 Å². The minimum atomic E-state index is -4.05. The number of hydrogen-bond acceptors (Lipinski definition) is 2. The molecule has 2 fully saturated rings. The molecule has 0 spiro atoms. The third-order valence-electron chi connectivity index (χ3n) is 4.21. The van der Waals surface area contributed by atoms with Gasteiger partial charge < -0.3 is 4.90 Å². The second-order valence-corrected chi connectivity index (χ2v) is 5.53. The zero-order chi connectivity index (χ0) is 13.2. The zero-order valence-corrected chi connectivity index (χ0v) is 10.5. The Morgan fingerprint density at radius 2 is 1.78 bits per heavy atom. The number of ketones is 1. The van der Waals surface area contributed by atoms with Gasteiger partial charge in [-0.15, -0.1) is 0 Å². The Morgan fingerprint density at radius 1 is 1.11 bits per heavy atom. The lowest BCUT2D eigenvalue weighted by Gasteiger charge is -2.35. The van der Waals surface area contributed by atoms with Crippen molar-refractivity contribution >= 4 is 5.78 Å². The van der Waals surface area contributed by atoms with E-state index in [1.54, 1.807) is 0 Å². The number of carbonyl (C=O) groups is 1. The fourth-order valence-corrected chi connectivity index (χ4v) is 3.00. The quantitative estimate of drug-likeness (QED) is 0.763. The molecule has 2 nitrogen and oxygen atoms in total. The fraction of sp³-hybridized carbons (Fsp3) is 0.923. The molecule has 1 saturated carbocycles. The average Bonchev–Trinajstić information content (AvgIpc) is 2.32. The molecule has 2 rings (SSSR count). The molecule has 1 atom stereocenters. The maximum atomic E-state index is 12.5. The lowest BCUT2D eigenvalue weighted by molar-refractivity contribution is -0.185. The van der Waals surface area contributed by atoms with Crippen molar-refractivity contribution in [2.24, 2.45) is 11.8 Å². The summed E-state index contributed by atoms with van der Waals surface area (Å²) in [6.07, 6.45) is -0.0514. The van der Waals surface area contributed by atoms with Gasteiger partial charge in [-0.25, -0.2) is 0 Å². The molecule has 2 aliphatic rings. The minimum absolute atomic E-state index is 0.0705. The van der Waals surface area contributed by atoms with E-state index in [9.17, 15) is 18.0 Å². The summed E-state index contributed by atoms with van der Waals surface area (Å²) in [4.78, 5) is 13.7. The highest BCUT2D eigenvalue weighted by Crippen LogP contribution is 2.34. The van der Waals surface area contributed by atoms with Gasteiger partial charge in [0.05, 0.1) is 5.92 Å². The summed E-state index contributed by atoms with van der Waals surface area (Å²) in [5, 5.41) is 0. The average molecular weight is 263 g/mol. The molecule has 1 aliphatic carbocycles. The molecule has 0 aromatic carbocycles. The van der Waals surface area contributed by atoms with Gasteiger partial charge in [-0.3, -0.25) is 4.79 Å². The van der Waals surface area contributed by atoms with E-state index in [-0.39, 0.29) is 18.8 Å². The summed E-state index contributed by atoms with van der Waals surface area (Å²) in [5.74, 6) is -0.767. The van der Waals surface area contributed by atoms with Gasteiger partial charge >= 0.3 is 6.18 Å². The van der Waals surface area contributed by atoms with Crippen molar-refractivity contribution in [2.45, 2.75) is 44.7 Å². The first-order chi connectivity index (χ1) is 8.47. The molecule has 1 saturated heterocycles. The molecule has 0 bridgehead atoms. The first-order valence-corrected chi connectivity index (χ1v) is 6.78. The summed E-state index contributed by atoms with van der Waals surface area (Å²) in [6.45, 7) is 1.63. The highest BCUT2D eigenvalue weighted by Gasteiger charge is 2.41. The molecule has 1 aliphatic heterocycles. The van der Waals surface area contributed by atoms with Gasteiger partial charge in [0.25, 0.3) is 0 Å². The second-order valence-electron chi connectivity index (χ2n) is 5.53. The zero-order valence-electron chi connectivity index (χ0n) is 10.5. The number of piperidine rings is 1. The van der Waals surface area contributed by atoms with Crippen molar-refractivity contribution in [1.82, 2.24) is 4.90 Å². The van der Waals surface area contributed by atoms with E-state index >= 15 is 0 Å².